The predicted octanol–water partition coefficient (Wildman–Crippen LogP) is 0.597. The van der Waals surface area contributed by atoms with Crippen LogP contribution in [0, 0.1) is 0 Å². The molecule has 6 nitrogen and oxygen atoms in total. The van der Waals surface area contributed by atoms with Crippen molar-refractivity contribution in [1.29, 1.82) is 0 Å². The summed E-state index contributed by atoms with van der Waals surface area (Å²) in [5, 5.41) is 9.24. The Bertz CT molecular complexity index is 279. The first kappa shape index (κ1) is 17.8. The minimum atomic E-state index is -1.05. The van der Waals surface area contributed by atoms with Crippen molar-refractivity contribution in [2.45, 2.75) is 36.2 Å². The molecule has 0 aliphatic heterocycles. The molecule has 18 heavy (non-hydrogen) atoms. The number of carboxylic acids is 1. The van der Waals surface area contributed by atoms with E-state index in [0.29, 0.717) is 24.6 Å². The summed E-state index contributed by atoms with van der Waals surface area (Å²) in [6.45, 7) is 0.242. The van der Waals surface area contributed by atoms with Crippen LogP contribution < -0.4 is 11.5 Å². The quantitative estimate of drug-likeness (QED) is 0.392. The summed E-state index contributed by atoms with van der Waals surface area (Å²) in [6.07, 6.45) is 1.12. The van der Waals surface area contributed by atoms with Crippen molar-refractivity contribution in [3.63, 3.8) is 0 Å². The van der Waals surface area contributed by atoms with Gasteiger partial charge >= 0.3 is 11.9 Å². The predicted molar refractivity (Wildman–Crippen MR) is 74.9 cm³/mol. The molecule has 2 unspecified atom stereocenters. The van der Waals surface area contributed by atoms with Gasteiger partial charge in [0.05, 0.1) is 4.83 Å². The minimum absolute atomic E-state index is 0.0501. The molecule has 106 valence electrons. The van der Waals surface area contributed by atoms with Gasteiger partial charge in [0, 0.05) is 5.33 Å². The highest BCUT2D eigenvalue weighted by Gasteiger charge is 2.18. The molecule has 0 radical (unpaired) electrons. The normalized spacial score (nSPS) is 15.8. The number of carbonyl (C=O) groups is 2. The number of hydrogen-bond acceptors (Lipinski definition) is 5. The summed E-state index contributed by atoms with van der Waals surface area (Å²) in [5.74, 6) is -1.53. The average Bonchev–Trinajstić information content (AvgIpc) is 2.34. The van der Waals surface area contributed by atoms with Crippen molar-refractivity contribution in [2.24, 2.45) is 11.5 Å². The van der Waals surface area contributed by atoms with Crippen molar-refractivity contribution in [1.82, 2.24) is 0 Å². The van der Waals surface area contributed by atoms with Gasteiger partial charge in [-0.3, -0.25) is 9.59 Å². The van der Waals surface area contributed by atoms with Gasteiger partial charge < -0.3 is 21.3 Å². The van der Waals surface area contributed by atoms with Crippen LogP contribution in [0.3, 0.4) is 0 Å². The van der Waals surface area contributed by atoms with E-state index >= 15 is 0 Å². The molecule has 0 amide bonds. The van der Waals surface area contributed by atoms with E-state index in [9.17, 15) is 9.59 Å². The first-order valence-electron chi connectivity index (χ1n) is 5.49. The molecule has 0 spiro atoms. The van der Waals surface area contributed by atoms with E-state index in [1.807, 2.05) is 0 Å². The molecule has 0 bridgehead atoms. The van der Waals surface area contributed by atoms with Crippen molar-refractivity contribution >= 4 is 43.8 Å². The van der Waals surface area contributed by atoms with Crippen molar-refractivity contribution < 1.29 is 19.4 Å². The lowest BCUT2D eigenvalue weighted by Gasteiger charge is -2.13. The molecule has 0 heterocycles. The number of nitrogens with two attached hydrogens (primary N) is 2. The zero-order chi connectivity index (χ0) is 14.1. The fourth-order valence-corrected chi connectivity index (χ4v) is 1.44. The summed E-state index contributed by atoms with van der Waals surface area (Å²) < 4.78 is 4.97. The number of carbonyl (C=O) groups excluding carboxylic acids is 1. The molecule has 3 atom stereocenters. The Hall–Kier alpha value is -0.180. The summed E-state index contributed by atoms with van der Waals surface area (Å²) in [4.78, 5) is 22.0. The van der Waals surface area contributed by atoms with Gasteiger partial charge in [-0.05, 0) is 19.3 Å². The number of halogens is 2. The SMILES string of the molecule is NC(CCC[C@H](N)C(=O)O)C(=O)OCC(Br)CBr. The number of aliphatic carboxylic acids is 1. The smallest absolute Gasteiger partial charge is 0.322 e. The lowest BCUT2D eigenvalue weighted by Crippen LogP contribution is -2.35. The fourth-order valence-electron chi connectivity index (χ4n) is 1.12. The topological polar surface area (TPSA) is 116 Å². The number of esters is 1. The van der Waals surface area contributed by atoms with Gasteiger partial charge in [-0.1, -0.05) is 31.9 Å². The third kappa shape index (κ3) is 8.02. The van der Waals surface area contributed by atoms with Crippen LogP contribution in [0.1, 0.15) is 19.3 Å². The summed E-state index contributed by atoms with van der Waals surface area (Å²) in [5.41, 5.74) is 10.9. The molecular formula is C10H18Br2N2O4. The van der Waals surface area contributed by atoms with Crippen molar-refractivity contribution in [2.75, 3.05) is 11.9 Å². The number of rotatable bonds is 9. The van der Waals surface area contributed by atoms with Crippen LogP contribution in [0.25, 0.3) is 0 Å². The second-order valence-electron chi connectivity index (χ2n) is 3.86. The van der Waals surface area contributed by atoms with E-state index in [1.54, 1.807) is 0 Å². The number of carboxylic acid groups (broad SMARTS) is 1. The van der Waals surface area contributed by atoms with Gasteiger partial charge in [0.15, 0.2) is 0 Å². The van der Waals surface area contributed by atoms with Gasteiger partial charge in [0.2, 0.25) is 0 Å². The number of alkyl halides is 2. The largest absolute Gasteiger partial charge is 0.480 e. The molecule has 5 N–H and O–H groups in total. The number of hydrogen-bond donors (Lipinski definition) is 3. The number of ether oxygens (including phenoxy) is 1. The standard InChI is InChI=1S/C10H18Br2N2O4/c11-4-6(12)5-18-10(17)8(14)3-1-2-7(13)9(15)16/h6-8H,1-5,13-14H2,(H,15,16)/t6?,7-,8?/m0/s1. The van der Waals surface area contributed by atoms with Crippen LogP contribution in [-0.2, 0) is 14.3 Å². The molecule has 0 aromatic rings. The van der Waals surface area contributed by atoms with Gasteiger partial charge in [0.1, 0.15) is 18.7 Å². The Balaban J connectivity index is 3.77. The Morgan fingerprint density at radius 2 is 1.78 bits per heavy atom. The maximum atomic E-state index is 11.4. The highest BCUT2D eigenvalue weighted by Crippen LogP contribution is 2.07. The van der Waals surface area contributed by atoms with E-state index in [4.69, 9.17) is 21.3 Å². The van der Waals surface area contributed by atoms with Gasteiger partial charge in [-0.15, -0.1) is 0 Å². The van der Waals surface area contributed by atoms with Crippen LogP contribution >= 0.6 is 31.9 Å². The fraction of sp³-hybridized carbons (Fsp3) is 0.800. The zero-order valence-corrected chi connectivity index (χ0v) is 13.0. The first-order chi connectivity index (χ1) is 8.38. The summed E-state index contributed by atoms with van der Waals surface area (Å²) in [7, 11) is 0. The second kappa shape index (κ2) is 9.71. The van der Waals surface area contributed by atoms with E-state index in [-0.39, 0.29) is 11.4 Å². The third-order valence-corrected chi connectivity index (χ3v) is 4.46. The van der Waals surface area contributed by atoms with E-state index < -0.39 is 24.0 Å². The minimum Gasteiger partial charge on any atom is -0.480 e. The Morgan fingerprint density at radius 1 is 1.22 bits per heavy atom. The molecule has 0 saturated carbocycles. The van der Waals surface area contributed by atoms with E-state index in [1.165, 1.54) is 0 Å². The maximum absolute atomic E-state index is 11.4. The van der Waals surface area contributed by atoms with Crippen LogP contribution in [0.4, 0.5) is 0 Å². The molecule has 0 aromatic heterocycles. The molecule has 0 aliphatic rings. The lowest BCUT2D eigenvalue weighted by atomic mass is 10.1. The summed E-state index contributed by atoms with van der Waals surface area (Å²) in [6, 6.07) is -1.64. The Morgan fingerprint density at radius 3 is 2.28 bits per heavy atom. The van der Waals surface area contributed by atoms with Crippen molar-refractivity contribution in [3.05, 3.63) is 0 Å². The van der Waals surface area contributed by atoms with E-state index in [2.05, 4.69) is 31.9 Å². The molecule has 8 heteroatoms. The first-order valence-corrected chi connectivity index (χ1v) is 7.52. The second-order valence-corrected chi connectivity index (χ2v) is 5.81. The van der Waals surface area contributed by atoms with Crippen LogP contribution in [0.5, 0.6) is 0 Å². The van der Waals surface area contributed by atoms with Crippen LogP contribution in [0.15, 0.2) is 0 Å². The lowest BCUT2D eigenvalue weighted by molar-refractivity contribution is -0.145. The molecule has 0 rings (SSSR count). The van der Waals surface area contributed by atoms with E-state index in [0.717, 1.165) is 0 Å². The molecule has 0 aromatic carbocycles. The molecule has 0 aliphatic carbocycles. The average molecular weight is 390 g/mol. The summed E-state index contributed by atoms with van der Waals surface area (Å²) >= 11 is 6.53. The van der Waals surface area contributed by atoms with Crippen molar-refractivity contribution in [3.8, 4) is 0 Å². The molecule has 0 fully saturated rings. The highest BCUT2D eigenvalue weighted by atomic mass is 79.9. The van der Waals surface area contributed by atoms with Gasteiger partial charge in [-0.25, -0.2) is 0 Å². The maximum Gasteiger partial charge on any atom is 0.322 e. The third-order valence-electron chi connectivity index (χ3n) is 2.22. The molecular weight excluding hydrogens is 372 g/mol. The Kier molecular flexibility index (Phi) is 9.61. The monoisotopic (exact) mass is 388 g/mol. The molecule has 0 saturated heterocycles. The van der Waals surface area contributed by atoms with Crippen LogP contribution in [0.2, 0.25) is 0 Å². The van der Waals surface area contributed by atoms with Gasteiger partial charge in [-0.2, -0.15) is 0 Å². The zero-order valence-electron chi connectivity index (χ0n) is 9.85. The van der Waals surface area contributed by atoms with Gasteiger partial charge in [0.25, 0.3) is 0 Å². The Labute approximate surface area is 123 Å². The van der Waals surface area contributed by atoms with Crippen LogP contribution in [-0.4, -0.2) is 45.9 Å². The highest BCUT2D eigenvalue weighted by molar-refractivity contribution is 9.12.